The Hall–Kier alpha value is -3.20. The quantitative estimate of drug-likeness (QED) is 0.186. The lowest BCUT2D eigenvalue weighted by Crippen LogP contribution is -2.69. The number of thioether (sulfide) groups is 1. The number of β-lactam (4-membered cyclic amide) rings is 1. The van der Waals surface area contributed by atoms with E-state index in [4.69, 9.17) is 20.4 Å². The topological polar surface area (TPSA) is 186 Å². The van der Waals surface area contributed by atoms with Crippen molar-refractivity contribution in [1.82, 2.24) is 19.6 Å². The van der Waals surface area contributed by atoms with Crippen LogP contribution in [-0.2, 0) is 28.8 Å². The van der Waals surface area contributed by atoms with Gasteiger partial charge in [-0.15, -0.1) is 11.8 Å². The Labute approximate surface area is 208 Å². The van der Waals surface area contributed by atoms with Gasteiger partial charge in [0.15, 0.2) is 5.13 Å². The number of hydrogen-bond donors (Lipinski definition) is 3. The molecule has 0 aromatic carbocycles. The third kappa shape index (κ3) is 5.56. The molecule has 2 unspecified atom stereocenters. The van der Waals surface area contributed by atoms with Gasteiger partial charge >= 0.3 is 11.9 Å². The highest BCUT2D eigenvalue weighted by Crippen LogP contribution is 2.36. The Morgan fingerprint density at radius 3 is 2.71 bits per heavy atom. The number of anilines is 1. The number of amides is 2. The number of aliphatic carboxylic acids is 1. The monoisotopic (exact) mass is 524 g/mol. The molecular weight excluding hydrogens is 500 g/mol. The summed E-state index contributed by atoms with van der Waals surface area (Å²) in [5, 5.41) is 15.1. The molecule has 3 heterocycles. The van der Waals surface area contributed by atoms with Crippen LogP contribution in [0.4, 0.5) is 5.13 Å². The molecule has 2 amide bonds. The molecule has 0 spiro atoms. The average molecular weight is 525 g/mol. The second kappa shape index (κ2) is 10.6. The maximum atomic E-state index is 13.0. The van der Waals surface area contributed by atoms with Gasteiger partial charge in [-0.05, 0) is 32.6 Å². The summed E-state index contributed by atoms with van der Waals surface area (Å²) in [6.07, 6.45) is 4.72. The van der Waals surface area contributed by atoms with Gasteiger partial charge in [0.25, 0.3) is 11.8 Å². The molecule has 3 aliphatic rings. The van der Waals surface area contributed by atoms with E-state index in [1.54, 1.807) is 0 Å². The van der Waals surface area contributed by atoms with Crippen molar-refractivity contribution >= 4 is 57.9 Å². The predicted octanol–water partition coefficient (Wildman–Crippen LogP) is 0.474. The number of carboxylic acids is 1. The first-order valence-corrected chi connectivity index (χ1v) is 12.8. The summed E-state index contributed by atoms with van der Waals surface area (Å²) in [6.45, 7) is 1.45. The van der Waals surface area contributed by atoms with Crippen LogP contribution in [0.5, 0.6) is 0 Å². The second-order valence-electron chi connectivity index (χ2n) is 8.20. The van der Waals surface area contributed by atoms with Crippen LogP contribution in [0, 0.1) is 0 Å². The average Bonchev–Trinajstić information content (AvgIpc) is 3.28. The molecule has 0 radical (unpaired) electrons. The fourth-order valence-electron chi connectivity index (χ4n) is 3.77. The Bertz CT molecular complexity index is 1080. The Balaban J connectivity index is 1.43. The molecule has 2 fully saturated rings. The fraction of sp³-hybridized carbons (Fsp3) is 0.550. The lowest BCUT2D eigenvalue weighted by atomic mass is 9.98. The molecule has 4 N–H and O–H groups in total. The van der Waals surface area contributed by atoms with E-state index in [0.717, 1.165) is 43.6 Å². The first-order chi connectivity index (χ1) is 16.7. The molecule has 1 aliphatic carbocycles. The van der Waals surface area contributed by atoms with Gasteiger partial charge < -0.3 is 30.6 Å². The van der Waals surface area contributed by atoms with E-state index in [-0.39, 0.29) is 34.1 Å². The zero-order valence-corrected chi connectivity index (χ0v) is 20.3. The number of nitrogens with zero attached hydrogens (tertiary/aromatic N) is 4. The molecule has 1 saturated heterocycles. The number of carbonyl (C=O) groups is 4. The van der Waals surface area contributed by atoms with Gasteiger partial charge in [0.05, 0.1) is 5.57 Å². The maximum Gasteiger partial charge on any atom is 0.350 e. The predicted molar refractivity (Wildman–Crippen MR) is 125 cm³/mol. The highest BCUT2D eigenvalue weighted by Gasteiger charge is 2.50. The first-order valence-electron chi connectivity index (χ1n) is 11.0. The zero-order valence-electron chi connectivity index (χ0n) is 18.7. The number of nitrogen functional groups attached to an aromatic ring is 1. The minimum Gasteiger partial charge on any atom is -0.478 e. The van der Waals surface area contributed by atoms with Crippen LogP contribution >= 0.6 is 23.3 Å². The standard InChI is InChI=1S/C20H24N6O7S2/c1-9(19(31)32-11-5-3-2-4-6-11)33-24-12(14-23-20(21)35-25-14)15(27)22-13-16(28)26-7-10(18(29)30)8-34-17(13)26/h7,9,11,13,17H,2-6,8H2,1H3,(H,22,27)(H,29,30)(H2,21,23,25)/t9?,13?,17-/m1/s1. The van der Waals surface area contributed by atoms with Gasteiger partial charge in [-0.2, -0.15) is 9.36 Å². The largest absolute Gasteiger partial charge is 0.478 e. The minimum atomic E-state index is -1.11. The number of fused-ring (bicyclic) bond motifs is 1. The summed E-state index contributed by atoms with van der Waals surface area (Å²) in [5.41, 5.74) is 5.37. The van der Waals surface area contributed by atoms with Crippen LogP contribution < -0.4 is 11.1 Å². The smallest absolute Gasteiger partial charge is 0.350 e. The number of oxime groups is 1. The number of hydrogen-bond acceptors (Lipinski definition) is 12. The van der Waals surface area contributed by atoms with E-state index >= 15 is 0 Å². The summed E-state index contributed by atoms with van der Waals surface area (Å²) < 4.78 is 9.44. The highest BCUT2D eigenvalue weighted by atomic mass is 32.2. The van der Waals surface area contributed by atoms with Crippen LogP contribution in [0.1, 0.15) is 44.9 Å². The van der Waals surface area contributed by atoms with Crippen LogP contribution in [0.3, 0.4) is 0 Å². The van der Waals surface area contributed by atoms with E-state index in [0.29, 0.717) is 0 Å². The zero-order chi connectivity index (χ0) is 25.1. The lowest BCUT2D eigenvalue weighted by Gasteiger charge is -2.46. The molecule has 15 heteroatoms. The Morgan fingerprint density at radius 1 is 1.31 bits per heavy atom. The Kier molecular flexibility index (Phi) is 7.54. The van der Waals surface area contributed by atoms with Crippen molar-refractivity contribution < 1.29 is 33.9 Å². The summed E-state index contributed by atoms with van der Waals surface area (Å²) in [6, 6.07) is -0.908. The van der Waals surface area contributed by atoms with E-state index < -0.39 is 41.3 Å². The van der Waals surface area contributed by atoms with Gasteiger partial charge in [-0.3, -0.25) is 9.59 Å². The summed E-state index contributed by atoms with van der Waals surface area (Å²) >= 11 is 2.05. The van der Waals surface area contributed by atoms with E-state index in [1.807, 2.05) is 0 Å². The van der Waals surface area contributed by atoms with Crippen LogP contribution in [-0.4, -0.2) is 78.2 Å². The number of nitrogens with one attached hydrogen (secondary N) is 1. The van der Waals surface area contributed by atoms with Gasteiger partial charge in [-0.1, -0.05) is 11.6 Å². The lowest BCUT2D eigenvalue weighted by molar-refractivity contribution is -0.163. The van der Waals surface area contributed by atoms with Gasteiger partial charge in [0.1, 0.15) is 17.5 Å². The minimum absolute atomic E-state index is 0.0883. The number of aromatic nitrogens is 2. The number of rotatable bonds is 8. The van der Waals surface area contributed by atoms with Crippen LogP contribution in [0.25, 0.3) is 0 Å². The van der Waals surface area contributed by atoms with E-state index in [9.17, 15) is 19.2 Å². The highest BCUT2D eigenvalue weighted by molar-refractivity contribution is 8.00. The normalized spacial score (nSPS) is 23.5. The fourth-order valence-corrected chi connectivity index (χ4v) is 5.46. The number of ether oxygens (including phenoxy) is 1. The number of carbonyl (C=O) groups excluding carboxylic acids is 3. The molecule has 1 aromatic heterocycles. The molecular formula is C20H24N6O7S2. The third-order valence-corrected chi connectivity index (χ3v) is 7.54. The maximum absolute atomic E-state index is 13.0. The molecule has 0 bridgehead atoms. The molecule has 35 heavy (non-hydrogen) atoms. The van der Waals surface area contributed by atoms with E-state index in [2.05, 4.69) is 19.8 Å². The molecule has 4 rings (SSSR count). The third-order valence-electron chi connectivity index (χ3n) is 5.68. The summed E-state index contributed by atoms with van der Waals surface area (Å²) in [5.74, 6) is -2.91. The van der Waals surface area contributed by atoms with Gasteiger partial charge in [0.2, 0.25) is 17.6 Å². The van der Waals surface area contributed by atoms with Crippen molar-refractivity contribution in [3.8, 4) is 0 Å². The summed E-state index contributed by atoms with van der Waals surface area (Å²) in [7, 11) is 0. The van der Waals surface area contributed by atoms with E-state index in [1.165, 1.54) is 29.8 Å². The van der Waals surface area contributed by atoms with Crippen LogP contribution in [0.15, 0.2) is 16.9 Å². The molecule has 3 atom stereocenters. The van der Waals surface area contributed by atoms with Crippen molar-refractivity contribution in [1.29, 1.82) is 0 Å². The van der Waals surface area contributed by atoms with Gasteiger partial charge in [-0.25, -0.2) is 9.59 Å². The van der Waals surface area contributed by atoms with Crippen molar-refractivity contribution in [2.75, 3.05) is 11.5 Å². The molecule has 2 aliphatic heterocycles. The van der Waals surface area contributed by atoms with Crippen molar-refractivity contribution in [2.24, 2.45) is 5.16 Å². The molecule has 1 aromatic rings. The van der Waals surface area contributed by atoms with Crippen LogP contribution in [0.2, 0.25) is 0 Å². The molecule has 13 nitrogen and oxygen atoms in total. The second-order valence-corrected chi connectivity index (χ2v) is 10.1. The van der Waals surface area contributed by atoms with Crippen molar-refractivity contribution in [3.63, 3.8) is 0 Å². The Morgan fingerprint density at radius 2 is 2.06 bits per heavy atom. The SMILES string of the molecule is CC(ON=C(C(=O)NC1C(=O)N2C=C(C(=O)O)CS[C@H]12)c1nsc(N)n1)C(=O)OC1CCCCC1. The number of esters is 1. The van der Waals surface area contributed by atoms with Gasteiger partial charge in [0, 0.05) is 23.5 Å². The molecule has 188 valence electrons. The number of carboxylic acid groups (broad SMARTS) is 1. The summed E-state index contributed by atoms with van der Waals surface area (Å²) in [4.78, 5) is 59.5. The molecule has 1 saturated carbocycles. The first kappa shape index (κ1) is 24.9. The van der Waals surface area contributed by atoms with Crippen molar-refractivity contribution in [2.45, 2.75) is 62.7 Å². The van der Waals surface area contributed by atoms with Crippen molar-refractivity contribution in [3.05, 3.63) is 17.6 Å². The number of nitrogens with two attached hydrogens (primary N) is 1.